The summed E-state index contributed by atoms with van der Waals surface area (Å²) < 4.78 is 10.3. The Morgan fingerprint density at radius 2 is 1.76 bits per heavy atom. The average Bonchev–Trinajstić information content (AvgIpc) is 2.51. The first-order chi connectivity index (χ1) is 11.7. The molecule has 2 aromatic rings. The molecule has 0 aliphatic rings. The van der Waals surface area contributed by atoms with Crippen LogP contribution in [0.5, 0.6) is 0 Å². The summed E-state index contributed by atoms with van der Waals surface area (Å²) in [5.41, 5.74) is 2.32. The van der Waals surface area contributed by atoms with Crippen molar-refractivity contribution in [3.63, 3.8) is 0 Å². The highest BCUT2D eigenvalue weighted by molar-refractivity contribution is 5.74. The first kappa shape index (κ1) is 18.6. The van der Waals surface area contributed by atoms with Gasteiger partial charge in [-0.15, -0.1) is 0 Å². The van der Waals surface area contributed by atoms with Crippen molar-refractivity contribution in [3.8, 4) is 0 Å². The summed E-state index contributed by atoms with van der Waals surface area (Å²) in [6.07, 6.45) is -0.504. The van der Waals surface area contributed by atoms with Crippen LogP contribution in [0, 0.1) is 6.92 Å². The van der Waals surface area contributed by atoms with Crippen LogP contribution in [0.1, 0.15) is 38.6 Å². The number of benzene rings is 1. The van der Waals surface area contributed by atoms with Gasteiger partial charge in [0, 0.05) is 6.54 Å². The predicted molar refractivity (Wildman–Crippen MR) is 92.9 cm³/mol. The fraction of sp³-hybridized carbons (Fsp3) is 0.444. The minimum Gasteiger partial charge on any atom is -0.459 e. The molecule has 0 atom stereocenters. The molecule has 2 rings (SSSR count). The van der Waals surface area contributed by atoms with Gasteiger partial charge in [-0.1, -0.05) is 12.1 Å². The number of rotatable bonds is 5. The Hall–Kier alpha value is -2.70. The Bertz CT molecular complexity index is 768. The predicted octanol–water partition coefficient (Wildman–Crippen LogP) is 2.90. The SMILES string of the molecule is Cc1nc2ccccc2nc1COC(=O)CCNC(=O)OC(C)(C)C. The van der Waals surface area contributed by atoms with E-state index >= 15 is 0 Å². The van der Waals surface area contributed by atoms with E-state index in [9.17, 15) is 9.59 Å². The topological polar surface area (TPSA) is 90.4 Å². The van der Waals surface area contributed by atoms with Crippen molar-refractivity contribution in [1.82, 2.24) is 15.3 Å². The molecule has 0 saturated heterocycles. The van der Waals surface area contributed by atoms with Crippen LogP contribution >= 0.6 is 0 Å². The number of fused-ring (bicyclic) bond motifs is 1. The van der Waals surface area contributed by atoms with Crippen LogP contribution in [-0.4, -0.2) is 34.2 Å². The van der Waals surface area contributed by atoms with Gasteiger partial charge in [0.15, 0.2) is 0 Å². The fourth-order valence-corrected chi connectivity index (χ4v) is 2.06. The molecule has 0 unspecified atom stereocenters. The van der Waals surface area contributed by atoms with Gasteiger partial charge in [-0.05, 0) is 39.8 Å². The van der Waals surface area contributed by atoms with E-state index in [4.69, 9.17) is 9.47 Å². The van der Waals surface area contributed by atoms with Crippen LogP contribution in [0.4, 0.5) is 4.79 Å². The number of nitrogens with zero attached hydrogens (tertiary/aromatic N) is 2. The first-order valence-corrected chi connectivity index (χ1v) is 8.09. The number of carbonyl (C=O) groups is 2. The molecule has 7 heteroatoms. The lowest BCUT2D eigenvalue weighted by Gasteiger charge is -2.19. The maximum absolute atomic E-state index is 11.8. The highest BCUT2D eigenvalue weighted by Crippen LogP contribution is 2.13. The molecule has 0 spiro atoms. The van der Waals surface area contributed by atoms with E-state index in [1.807, 2.05) is 31.2 Å². The normalized spacial score (nSPS) is 11.2. The molecule has 0 aliphatic heterocycles. The molecule has 0 aliphatic carbocycles. The second-order valence-corrected chi connectivity index (χ2v) is 6.58. The van der Waals surface area contributed by atoms with Gasteiger partial charge in [-0.3, -0.25) is 4.79 Å². The molecule has 25 heavy (non-hydrogen) atoms. The van der Waals surface area contributed by atoms with Gasteiger partial charge in [-0.25, -0.2) is 14.8 Å². The zero-order valence-electron chi connectivity index (χ0n) is 15.0. The molecule has 1 amide bonds. The van der Waals surface area contributed by atoms with E-state index in [0.717, 1.165) is 16.7 Å². The molecule has 0 fully saturated rings. The van der Waals surface area contributed by atoms with Crippen molar-refractivity contribution >= 4 is 23.1 Å². The second-order valence-electron chi connectivity index (χ2n) is 6.58. The molecule has 0 bridgehead atoms. The van der Waals surface area contributed by atoms with Gasteiger partial charge < -0.3 is 14.8 Å². The highest BCUT2D eigenvalue weighted by atomic mass is 16.6. The van der Waals surface area contributed by atoms with Gasteiger partial charge >= 0.3 is 12.1 Å². The van der Waals surface area contributed by atoms with E-state index in [0.29, 0.717) is 5.69 Å². The van der Waals surface area contributed by atoms with Crippen LogP contribution in [0.15, 0.2) is 24.3 Å². The highest BCUT2D eigenvalue weighted by Gasteiger charge is 2.16. The molecule has 0 radical (unpaired) electrons. The summed E-state index contributed by atoms with van der Waals surface area (Å²) in [6.45, 7) is 7.34. The summed E-state index contributed by atoms with van der Waals surface area (Å²) in [7, 11) is 0. The van der Waals surface area contributed by atoms with Gasteiger partial charge in [-0.2, -0.15) is 0 Å². The number of esters is 1. The lowest BCUT2D eigenvalue weighted by atomic mass is 10.2. The Labute approximate surface area is 146 Å². The van der Waals surface area contributed by atoms with Crippen LogP contribution in [0.25, 0.3) is 11.0 Å². The Morgan fingerprint density at radius 3 is 2.40 bits per heavy atom. The molecule has 1 heterocycles. The Kier molecular flexibility index (Phi) is 5.90. The third kappa shape index (κ3) is 6.02. The van der Waals surface area contributed by atoms with Crippen LogP contribution in [-0.2, 0) is 20.9 Å². The van der Waals surface area contributed by atoms with Crippen molar-refractivity contribution in [2.24, 2.45) is 0 Å². The molecule has 0 saturated carbocycles. The molecule has 134 valence electrons. The quantitative estimate of drug-likeness (QED) is 0.838. The van der Waals surface area contributed by atoms with Crippen molar-refractivity contribution in [2.75, 3.05) is 6.54 Å². The van der Waals surface area contributed by atoms with Crippen LogP contribution < -0.4 is 5.32 Å². The minimum atomic E-state index is -0.573. The maximum atomic E-state index is 11.8. The van der Waals surface area contributed by atoms with E-state index in [1.165, 1.54) is 0 Å². The van der Waals surface area contributed by atoms with E-state index in [1.54, 1.807) is 20.8 Å². The number of aromatic nitrogens is 2. The van der Waals surface area contributed by atoms with Crippen molar-refractivity contribution in [3.05, 3.63) is 35.7 Å². The number of hydrogen-bond donors (Lipinski definition) is 1. The lowest BCUT2D eigenvalue weighted by molar-refractivity contribution is -0.144. The third-order valence-electron chi connectivity index (χ3n) is 3.21. The fourth-order valence-electron chi connectivity index (χ4n) is 2.06. The summed E-state index contributed by atoms with van der Waals surface area (Å²) in [5, 5.41) is 2.51. The molecular weight excluding hydrogens is 322 g/mol. The Morgan fingerprint density at radius 1 is 1.12 bits per heavy atom. The first-order valence-electron chi connectivity index (χ1n) is 8.09. The van der Waals surface area contributed by atoms with E-state index < -0.39 is 17.7 Å². The summed E-state index contributed by atoms with van der Waals surface area (Å²) >= 11 is 0. The number of carbonyl (C=O) groups excluding carboxylic acids is 2. The number of aryl methyl sites for hydroxylation is 1. The molecule has 7 nitrogen and oxygen atoms in total. The summed E-state index contributed by atoms with van der Waals surface area (Å²) in [5.74, 6) is -0.426. The maximum Gasteiger partial charge on any atom is 0.407 e. The standard InChI is InChI=1S/C18H23N3O4/c1-12-15(21-14-8-6-5-7-13(14)20-12)11-24-16(22)9-10-19-17(23)25-18(2,3)4/h5-8H,9-11H2,1-4H3,(H,19,23). The summed E-state index contributed by atoms with van der Waals surface area (Å²) in [4.78, 5) is 32.2. The number of alkyl carbamates (subject to hydrolysis) is 1. The average molecular weight is 345 g/mol. The monoisotopic (exact) mass is 345 g/mol. The van der Waals surface area contributed by atoms with Crippen LogP contribution in [0.2, 0.25) is 0 Å². The van der Waals surface area contributed by atoms with E-state index in [-0.39, 0.29) is 19.6 Å². The number of ether oxygens (including phenoxy) is 2. The zero-order valence-corrected chi connectivity index (χ0v) is 15.0. The number of nitrogens with one attached hydrogen (secondary N) is 1. The van der Waals surface area contributed by atoms with Gasteiger partial charge in [0.1, 0.15) is 12.2 Å². The molecule has 1 N–H and O–H groups in total. The van der Waals surface area contributed by atoms with Gasteiger partial charge in [0.05, 0.1) is 28.8 Å². The van der Waals surface area contributed by atoms with Crippen LogP contribution in [0.3, 0.4) is 0 Å². The third-order valence-corrected chi connectivity index (χ3v) is 3.21. The molecule has 1 aromatic carbocycles. The lowest BCUT2D eigenvalue weighted by Crippen LogP contribution is -2.33. The molecular formula is C18H23N3O4. The van der Waals surface area contributed by atoms with Crippen molar-refractivity contribution < 1.29 is 19.1 Å². The zero-order chi connectivity index (χ0) is 18.4. The number of hydrogen-bond acceptors (Lipinski definition) is 6. The van der Waals surface area contributed by atoms with Crippen molar-refractivity contribution in [1.29, 1.82) is 0 Å². The Balaban J connectivity index is 1.80. The minimum absolute atomic E-state index is 0.0505. The smallest absolute Gasteiger partial charge is 0.407 e. The van der Waals surface area contributed by atoms with Gasteiger partial charge in [0.2, 0.25) is 0 Å². The summed E-state index contributed by atoms with van der Waals surface area (Å²) in [6, 6.07) is 7.52. The number of amides is 1. The van der Waals surface area contributed by atoms with Gasteiger partial charge in [0.25, 0.3) is 0 Å². The second kappa shape index (κ2) is 7.92. The number of para-hydroxylation sites is 2. The van der Waals surface area contributed by atoms with Crippen molar-refractivity contribution in [2.45, 2.75) is 46.3 Å². The largest absolute Gasteiger partial charge is 0.459 e. The molecule has 1 aromatic heterocycles. The van der Waals surface area contributed by atoms with E-state index in [2.05, 4.69) is 15.3 Å².